The van der Waals surface area contributed by atoms with Gasteiger partial charge >= 0.3 is 5.97 Å². The molecule has 6 heteroatoms. The predicted octanol–water partition coefficient (Wildman–Crippen LogP) is 6.66. The summed E-state index contributed by atoms with van der Waals surface area (Å²) in [5.41, 5.74) is 4.55. The molecule has 3 aromatic carbocycles. The summed E-state index contributed by atoms with van der Waals surface area (Å²) in [6.07, 6.45) is 8.05. The third-order valence-electron chi connectivity index (χ3n) is 7.53. The van der Waals surface area contributed by atoms with Gasteiger partial charge in [0.25, 0.3) is 5.91 Å². The first-order chi connectivity index (χ1) is 19.5. The van der Waals surface area contributed by atoms with E-state index in [1.165, 1.54) is 37.8 Å². The summed E-state index contributed by atoms with van der Waals surface area (Å²) in [6.45, 7) is 5.06. The molecule has 1 heterocycles. The van der Waals surface area contributed by atoms with Gasteiger partial charge in [0.2, 0.25) is 0 Å². The van der Waals surface area contributed by atoms with E-state index in [1.807, 2.05) is 79.7 Å². The molecule has 0 radical (unpaired) electrons. The van der Waals surface area contributed by atoms with E-state index in [0.29, 0.717) is 37.3 Å². The number of amides is 1. The Morgan fingerprint density at radius 1 is 0.875 bits per heavy atom. The Labute approximate surface area is 238 Å². The zero-order valence-electron chi connectivity index (χ0n) is 23.6. The van der Waals surface area contributed by atoms with E-state index < -0.39 is 11.9 Å². The van der Waals surface area contributed by atoms with Crippen LogP contribution in [-0.2, 0) is 24.2 Å². The summed E-state index contributed by atoms with van der Waals surface area (Å²) in [4.78, 5) is 27.5. The van der Waals surface area contributed by atoms with Crippen LogP contribution >= 0.6 is 0 Å². The van der Waals surface area contributed by atoms with Gasteiger partial charge in [0, 0.05) is 36.4 Å². The molecule has 1 aliphatic heterocycles. The number of carbonyl (C=O) groups is 2. The smallest absolute Gasteiger partial charge is 0.307 e. The van der Waals surface area contributed by atoms with Crippen molar-refractivity contribution in [2.24, 2.45) is 5.92 Å². The minimum absolute atomic E-state index is 0.140. The normalized spacial score (nSPS) is 14.6. The molecule has 6 nitrogen and oxygen atoms in total. The number of anilines is 1. The number of hydrogen-bond donors (Lipinski definition) is 2. The summed E-state index contributed by atoms with van der Waals surface area (Å²) in [5.74, 6) is -0.782. The molecule has 1 aliphatic rings. The van der Waals surface area contributed by atoms with Gasteiger partial charge in [-0.05, 0) is 73.6 Å². The monoisotopic (exact) mass is 542 g/mol. The van der Waals surface area contributed by atoms with Crippen molar-refractivity contribution in [1.82, 2.24) is 5.32 Å². The molecule has 1 saturated heterocycles. The van der Waals surface area contributed by atoms with Crippen LogP contribution in [-0.4, -0.2) is 36.7 Å². The van der Waals surface area contributed by atoms with E-state index in [-0.39, 0.29) is 5.91 Å². The van der Waals surface area contributed by atoms with Crippen LogP contribution in [0, 0.1) is 5.92 Å². The second-order valence-corrected chi connectivity index (χ2v) is 10.7. The lowest BCUT2D eigenvalue weighted by atomic mass is 9.92. The third-order valence-corrected chi connectivity index (χ3v) is 7.53. The number of carboxylic acid groups (broad SMARTS) is 1. The van der Waals surface area contributed by atoms with Crippen molar-refractivity contribution in [2.45, 2.75) is 64.8 Å². The molecule has 1 fully saturated rings. The first-order valence-electron chi connectivity index (χ1n) is 14.7. The van der Waals surface area contributed by atoms with Gasteiger partial charge < -0.3 is 20.1 Å². The first-order valence-corrected chi connectivity index (χ1v) is 14.7. The molecule has 0 unspecified atom stereocenters. The molecule has 1 amide bonds. The number of benzene rings is 3. The van der Waals surface area contributed by atoms with E-state index in [9.17, 15) is 14.7 Å². The van der Waals surface area contributed by atoms with Crippen LogP contribution in [0.5, 0.6) is 5.75 Å². The van der Waals surface area contributed by atoms with Gasteiger partial charge in [-0.2, -0.15) is 0 Å². The number of hydrogen-bond acceptors (Lipinski definition) is 4. The van der Waals surface area contributed by atoms with E-state index in [0.717, 1.165) is 36.2 Å². The lowest BCUT2D eigenvalue weighted by molar-refractivity contribution is -0.141. The molecule has 2 N–H and O–H groups in total. The fraction of sp³-hybridized carbons (Fsp3) is 0.412. The van der Waals surface area contributed by atoms with Crippen LogP contribution in [0.4, 0.5) is 5.69 Å². The van der Waals surface area contributed by atoms with Gasteiger partial charge in [0.05, 0.1) is 12.5 Å². The van der Waals surface area contributed by atoms with Crippen molar-refractivity contribution in [3.63, 3.8) is 0 Å². The second kappa shape index (κ2) is 15.1. The molecule has 0 aromatic heterocycles. The van der Waals surface area contributed by atoms with Gasteiger partial charge in [-0.15, -0.1) is 0 Å². The molecular weight excluding hydrogens is 500 g/mol. The highest BCUT2D eigenvalue weighted by Gasteiger charge is 2.20. The quantitative estimate of drug-likeness (QED) is 0.268. The number of carbonyl (C=O) groups excluding carboxylic acids is 1. The number of nitrogens with one attached hydrogen (secondary N) is 1. The van der Waals surface area contributed by atoms with Gasteiger partial charge in [0.15, 0.2) is 0 Å². The summed E-state index contributed by atoms with van der Waals surface area (Å²) in [5, 5.41) is 12.9. The Hall–Kier alpha value is -3.80. The molecule has 0 spiro atoms. The Kier molecular flexibility index (Phi) is 11.0. The van der Waals surface area contributed by atoms with E-state index in [2.05, 4.69) is 10.2 Å². The van der Waals surface area contributed by atoms with Crippen molar-refractivity contribution in [1.29, 1.82) is 0 Å². The minimum Gasteiger partial charge on any atom is -0.493 e. The zero-order chi connectivity index (χ0) is 28.2. The molecule has 4 rings (SSSR count). The molecule has 0 bridgehead atoms. The molecule has 212 valence electrons. The highest BCUT2D eigenvalue weighted by atomic mass is 16.5. The fourth-order valence-electron chi connectivity index (χ4n) is 5.29. The van der Waals surface area contributed by atoms with Crippen molar-refractivity contribution in [3.05, 3.63) is 95.1 Å². The van der Waals surface area contributed by atoms with E-state index >= 15 is 0 Å². The molecule has 0 aliphatic carbocycles. The first kappa shape index (κ1) is 29.2. The van der Waals surface area contributed by atoms with Gasteiger partial charge in [0.1, 0.15) is 5.75 Å². The summed E-state index contributed by atoms with van der Waals surface area (Å²) in [7, 11) is 0. The Morgan fingerprint density at radius 3 is 2.23 bits per heavy atom. The van der Waals surface area contributed by atoms with Crippen molar-refractivity contribution < 1.29 is 19.4 Å². The molecule has 40 heavy (non-hydrogen) atoms. The lowest BCUT2D eigenvalue weighted by Crippen LogP contribution is -2.27. The summed E-state index contributed by atoms with van der Waals surface area (Å²) in [6, 6.07) is 23.4. The molecular formula is C34H42N2O4. The highest BCUT2D eigenvalue weighted by molar-refractivity contribution is 5.94. The number of carboxylic acids is 1. The highest BCUT2D eigenvalue weighted by Crippen LogP contribution is 2.24. The van der Waals surface area contributed by atoms with Crippen molar-refractivity contribution in [2.75, 3.05) is 24.6 Å². The standard InChI is InChI=1S/C34H42N2O4/c1-2-21-40-32-18-13-27(23-29(34(38)39)22-26-11-7-6-8-12-26)24-30(32)25-35-33(37)28-14-16-31(17-15-28)36-19-9-4-3-5-10-20-36/h6-8,11-18,24,29H,2-5,9-10,19-23,25H2,1H3,(H,35,37)(H,38,39)/t29-/m1/s1. The largest absolute Gasteiger partial charge is 0.493 e. The van der Waals surface area contributed by atoms with Crippen LogP contribution in [0.3, 0.4) is 0 Å². The molecule has 0 saturated carbocycles. The van der Waals surface area contributed by atoms with E-state index in [1.54, 1.807) is 0 Å². The third kappa shape index (κ3) is 8.60. The lowest BCUT2D eigenvalue weighted by Gasteiger charge is -2.27. The average molecular weight is 543 g/mol. The summed E-state index contributed by atoms with van der Waals surface area (Å²) < 4.78 is 5.96. The number of aliphatic carboxylic acids is 1. The maximum absolute atomic E-state index is 13.0. The molecule has 1 atom stereocenters. The van der Waals surface area contributed by atoms with Crippen LogP contribution in [0.1, 0.15) is 72.5 Å². The van der Waals surface area contributed by atoms with Gasteiger partial charge in [-0.25, -0.2) is 0 Å². The van der Waals surface area contributed by atoms with Crippen molar-refractivity contribution >= 4 is 17.6 Å². The SMILES string of the molecule is CCCOc1ccc(C[C@@H](Cc2ccccc2)C(=O)O)cc1CNC(=O)c1ccc(N2CCCCCCC2)cc1. The maximum Gasteiger partial charge on any atom is 0.307 e. The summed E-state index contributed by atoms with van der Waals surface area (Å²) >= 11 is 0. The van der Waals surface area contributed by atoms with Crippen LogP contribution in [0.25, 0.3) is 0 Å². The minimum atomic E-state index is -0.816. The Balaban J connectivity index is 1.42. The average Bonchev–Trinajstić information content (AvgIpc) is 2.95. The zero-order valence-corrected chi connectivity index (χ0v) is 23.6. The fourth-order valence-corrected chi connectivity index (χ4v) is 5.29. The van der Waals surface area contributed by atoms with Crippen LogP contribution < -0.4 is 15.0 Å². The Morgan fingerprint density at radius 2 is 1.55 bits per heavy atom. The Bertz CT molecular complexity index is 1220. The number of rotatable bonds is 12. The van der Waals surface area contributed by atoms with E-state index in [4.69, 9.17) is 4.74 Å². The second-order valence-electron chi connectivity index (χ2n) is 10.7. The van der Waals surface area contributed by atoms with Crippen LogP contribution in [0.15, 0.2) is 72.8 Å². The van der Waals surface area contributed by atoms with Gasteiger partial charge in [-0.3, -0.25) is 9.59 Å². The van der Waals surface area contributed by atoms with Gasteiger partial charge in [-0.1, -0.05) is 68.7 Å². The van der Waals surface area contributed by atoms with Crippen LogP contribution in [0.2, 0.25) is 0 Å². The maximum atomic E-state index is 13.0. The molecule has 3 aromatic rings. The van der Waals surface area contributed by atoms with Crippen molar-refractivity contribution in [3.8, 4) is 5.75 Å². The number of nitrogens with zero attached hydrogens (tertiary/aromatic N) is 1. The number of ether oxygens (including phenoxy) is 1. The topological polar surface area (TPSA) is 78.9 Å². The predicted molar refractivity (Wildman–Crippen MR) is 160 cm³/mol.